The molecule has 0 unspecified atom stereocenters. The second-order valence-corrected chi connectivity index (χ2v) is 3.91. The molecule has 0 bridgehead atoms. The van der Waals surface area contributed by atoms with Gasteiger partial charge in [-0.1, -0.05) is 11.6 Å². The van der Waals surface area contributed by atoms with Crippen LogP contribution in [0.1, 0.15) is 18.9 Å². The molecule has 0 radical (unpaired) electrons. The zero-order valence-corrected chi connectivity index (χ0v) is 7.83. The molecule has 1 aliphatic rings. The summed E-state index contributed by atoms with van der Waals surface area (Å²) in [6, 6.07) is 4.74. The van der Waals surface area contributed by atoms with E-state index in [1.165, 1.54) is 23.7 Å². The summed E-state index contributed by atoms with van der Waals surface area (Å²) < 4.78 is 2.29. The first-order valence-electron chi connectivity index (χ1n) is 4.47. The number of rotatable bonds is 1. The van der Waals surface area contributed by atoms with Gasteiger partial charge in [0, 0.05) is 23.8 Å². The van der Waals surface area contributed by atoms with E-state index in [9.17, 15) is 0 Å². The van der Waals surface area contributed by atoms with Crippen molar-refractivity contribution in [2.75, 3.05) is 0 Å². The summed E-state index contributed by atoms with van der Waals surface area (Å²) in [5.41, 5.74) is 1.21. The summed E-state index contributed by atoms with van der Waals surface area (Å²) in [5.74, 6) is 0. The van der Waals surface area contributed by atoms with Crippen molar-refractivity contribution in [2.24, 2.45) is 0 Å². The van der Waals surface area contributed by atoms with Crippen LogP contribution in [0.5, 0.6) is 0 Å². The van der Waals surface area contributed by atoms with Gasteiger partial charge >= 0.3 is 0 Å². The maximum Gasteiger partial charge on any atom is 0.131 e. The molecule has 0 saturated heterocycles. The summed E-state index contributed by atoms with van der Waals surface area (Å²) in [6.07, 6.45) is 6.55. The summed E-state index contributed by atoms with van der Waals surface area (Å²) in [7, 11) is 0. The van der Waals surface area contributed by atoms with E-state index in [-0.39, 0.29) is 0 Å². The van der Waals surface area contributed by atoms with Crippen LogP contribution < -0.4 is 0 Å². The molecule has 0 spiro atoms. The Morgan fingerprint density at radius 2 is 2.31 bits per heavy atom. The number of hydrogen-bond acceptors (Lipinski definition) is 1. The highest BCUT2D eigenvalue weighted by Crippen LogP contribution is 2.37. The fraction of sp³-hybridized carbons (Fsp3) is 0.300. The van der Waals surface area contributed by atoms with Crippen molar-refractivity contribution in [1.29, 1.82) is 0 Å². The van der Waals surface area contributed by atoms with E-state index in [1.807, 2.05) is 12.3 Å². The van der Waals surface area contributed by atoms with Gasteiger partial charge in [0.2, 0.25) is 0 Å². The SMILES string of the molecule is Clc1cc2c(ccn2C2CC2)cn1. The molecule has 0 atom stereocenters. The van der Waals surface area contributed by atoms with Crippen molar-refractivity contribution in [2.45, 2.75) is 18.9 Å². The quantitative estimate of drug-likeness (QED) is 0.636. The monoisotopic (exact) mass is 192 g/mol. The summed E-state index contributed by atoms with van der Waals surface area (Å²) in [5, 5.41) is 1.75. The lowest BCUT2D eigenvalue weighted by molar-refractivity contribution is 0.776. The fourth-order valence-electron chi connectivity index (χ4n) is 1.69. The van der Waals surface area contributed by atoms with E-state index in [1.54, 1.807) is 0 Å². The molecule has 2 heterocycles. The molecule has 0 N–H and O–H groups in total. The van der Waals surface area contributed by atoms with Gasteiger partial charge in [0.1, 0.15) is 5.15 Å². The smallest absolute Gasteiger partial charge is 0.131 e. The Balaban J connectivity index is 2.29. The standard InChI is InChI=1S/C10H9ClN2/c11-10-5-9-7(6-12-10)3-4-13(9)8-1-2-8/h3-6,8H,1-2H2. The third-order valence-electron chi connectivity index (χ3n) is 2.51. The Kier molecular flexibility index (Phi) is 1.41. The largest absolute Gasteiger partial charge is 0.344 e. The summed E-state index contributed by atoms with van der Waals surface area (Å²) >= 11 is 5.85. The maximum absolute atomic E-state index is 5.85. The second-order valence-electron chi connectivity index (χ2n) is 3.52. The third-order valence-corrected chi connectivity index (χ3v) is 2.72. The molecule has 66 valence electrons. The highest BCUT2D eigenvalue weighted by atomic mass is 35.5. The maximum atomic E-state index is 5.85. The first kappa shape index (κ1) is 7.39. The number of nitrogens with zero attached hydrogens (tertiary/aromatic N) is 2. The lowest BCUT2D eigenvalue weighted by Gasteiger charge is -2.01. The molecule has 2 aromatic heterocycles. The van der Waals surface area contributed by atoms with Crippen LogP contribution in [0.3, 0.4) is 0 Å². The number of pyridine rings is 1. The van der Waals surface area contributed by atoms with Crippen LogP contribution in [0.4, 0.5) is 0 Å². The van der Waals surface area contributed by atoms with Gasteiger partial charge in [-0.05, 0) is 25.0 Å². The van der Waals surface area contributed by atoms with Gasteiger partial charge in [0.15, 0.2) is 0 Å². The number of hydrogen-bond donors (Lipinski definition) is 0. The molecule has 1 saturated carbocycles. The Labute approximate surface area is 81.1 Å². The number of fused-ring (bicyclic) bond motifs is 1. The van der Waals surface area contributed by atoms with E-state index in [2.05, 4.69) is 21.8 Å². The molecule has 1 aliphatic carbocycles. The summed E-state index contributed by atoms with van der Waals surface area (Å²) in [4.78, 5) is 4.05. The van der Waals surface area contributed by atoms with Crippen LogP contribution >= 0.6 is 11.6 Å². The molecule has 1 fully saturated rings. The average Bonchev–Trinajstić information content (AvgIpc) is 2.87. The molecule has 2 aromatic rings. The minimum atomic E-state index is 0.577. The Hall–Kier alpha value is -1.02. The van der Waals surface area contributed by atoms with Crippen LogP contribution in [0.2, 0.25) is 5.15 Å². The van der Waals surface area contributed by atoms with E-state index >= 15 is 0 Å². The van der Waals surface area contributed by atoms with E-state index in [0.717, 1.165) is 0 Å². The van der Waals surface area contributed by atoms with Crippen molar-refractivity contribution in [3.05, 3.63) is 29.7 Å². The molecule has 0 aromatic carbocycles. The number of aromatic nitrogens is 2. The van der Waals surface area contributed by atoms with Crippen molar-refractivity contribution >= 4 is 22.5 Å². The predicted octanol–water partition coefficient (Wildman–Crippen LogP) is 3.02. The van der Waals surface area contributed by atoms with Crippen LogP contribution in [0.25, 0.3) is 10.9 Å². The van der Waals surface area contributed by atoms with Crippen molar-refractivity contribution in [3.8, 4) is 0 Å². The van der Waals surface area contributed by atoms with Crippen LogP contribution in [-0.4, -0.2) is 9.55 Å². The highest BCUT2D eigenvalue weighted by Gasteiger charge is 2.24. The van der Waals surface area contributed by atoms with Gasteiger partial charge in [0.05, 0.1) is 5.52 Å². The van der Waals surface area contributed by atoms with E-state index in [4.69, 9.17) is 11.6 Å². The molecule has 0 aliphatic heterocycles. The van der Waals surface area contributed by atoms with Gasteiger partial charge in [0.25, 0.3) is 0 Å². The zero-order chi connectivity index (χ0) is 8.84. The topological polar surface area (TPSA) is 17.8 Å². The number of halogens is 1. The fourth-order valence-corrected chi connectivity index (χ4v) is 1.85. The van der Waals surface area contributed by atoms with Crippen molar-refractivity contribution in [3.63, 3.8) is 0 Å². The molecule has 3 rings (SSSR count). The molecule has 0 amide bonds. The Morgan fingerprint density at radius 3 is 3.08 bits per heavy atom. The molecule has 2 nitrogen and oxygen atoms in total. The van der Waals surface area contributed by atoms with Gasteiger partial charge in [-0.15, -0.1) is 0 Å². The average molecular weight is 193 g/mol. The second kappa shape index (κ2) is 2.48. The first-order chi connectivity index (χ1) is 6.34. The minimum absolute atomic E-state index is 0.577. The first-order valence-corrected chi connectivity index (χ1v) is 4.84. The van der Waals surface area contributed by atoms with Gasteiger partial charge < -0.3 is 4.57 Å². The third kappa shape index (κ3) is 1.13. The molecule has 13 heavy (non-hydrogen) atoms. The lowest BCUT2D eigenvalue weighted by atomic mass is 10.3. The minimum Gasteiger partial charge on any atom is -0.344 e. The molecular formula is C10H9ClN2. The van der Waals surface area contributed by atoms with Crippen LogP contribution in [0.15, 0.2) is 24.5 Å². The molecular weight excluding hydrogens is 184 g/mol. The van der Waals surface area contributed by atoms with Crippen LogP contribution in [-0.2, 0) is 0 Å². The van der Waals surface area contributed by atoms with Gasteiger partial charge in [-0.25, -0.2) is 4.98 Å². The van der Waals surface area contributed by atoms with E-state index in [0.29, 0.717) is 11.2 Å². The van der Waals surface area contributed by atoms with Crippen molar-refractivity contribution in [1.82, 2.24) is 9.55 Å². The van der Waals surface area contributed by atoms with Gasteiger partial charge in [-0.3, -0.25) is 0 Å². The molecule has 3 heteroatoms. The summed E-state index contributed by atoms with van der Waals surface area (Å²) in [6.45, 7) is 0. The Morgan fingerprint density at radius 1 is 1.46 bits per heavy atom. The van der Waals surface area contributed by atoms with Crippen molar-refractivity contribution < 1.29 is 0 Å². The highest BCUT2D eigenvalue weighted by molar-refractivity contribution is 6.30. The predicted molar refractivity (Wildman–Crippen MR) is 53.0 cm³/mol. The normalized spacial score (nSPS) is 16.7. The van der Waals surface area contributed by atoms with Crippen LogP contribution in [0, 0.1) is 0 Å². The lowest BCUT2D eigenvalue weighted by Crippen LogP contribution is -1.90. The Bertz CT molecular complexity index is 457. The van der Waals surface area contributed by atoms with E-state index < -0.39 is 0 Å². The zero-order valence-electron chi connectivity index (χ0n) is 7.07. The van der Waals surface area contributed by atoms with Gasteiger partial charge in [-0.2, -0.15) is 0 Å².